The first-order valence-electron chi connectivity index (χ1n) is 6.51. The van der Waals surface area contributed by atoms with Gasteiger partial charge < -0.3 is 10.5 Å². The predicted molar refractivity (Wildman–Crippen MR) is 72.6 cm³/mol. The summed E-state index contributed by atoms with van der Waals surface area (Å²) < 4.78 is 5.02. The van der Waals surface area contributed by atoms with Gasteiger partial charge in [-0.25, -0.2) is 4.79 Å². The lowest BCUT2D eigenvalue weighted by atomic mass is 9.73. The van der Waals surface area contributed by atoms with Crippen LogP contribution in [-0.4, -0.2) is 12.6 Å². The molecule has 0 spiro atoms. The van der Waals surface area contributed by atoms with Gasteiger partial charge in [0.15, 0.2) is 0 Å². The number of aryl methyl sites for hydroxylation is 1. The minimum Gasteiger partial charge on any atom is -0.462 e. The number of nitrogens with two attached hydrogens (primary N) is 1. The molecule has 0 saturated carbocycles. The summed E-state index contributed by atoms with van der Waals surface area (Å²) >= 11 is 0. The molecular weight excluding hydrogens is 226 g/mol. The lowest BCUT2D eigenvalue weighted by Crippen LogP contribution is -2.23. The van der Waals surface area contributed by atoms with E-state index in [9.17, 15) is 4.79 Å². The molecule has 3 heteroatoms. The Labute approximate surface area is 108 Å². The lowest BCUT2D eigenvalue weighted by molar-refractivity contribution is 0.0526. The predicted octanol–water partition coefficient (Wildman–Crippen LogP) is 2.96. The third-order valence-corrected chi connectivity index (χ3v) is 3.61. The summed E-state index contributed by atoms with van der Waals surface area (Å²) in [5.41, 5.74) is 10.1. The first-order valence-corrected chi connectivity index (χ1v) is 6.51. The molecule has 0 unspecified atom stereocenters. The SMILES string of the molecule is CCOC(=O)c1cc(N)c2c(c1)CCC(C)(C)C2. The van der Waals surface area contributed by atoms with Crippen LogP contribution in [0.4, 0.5) is 5.69 Å². The molecule has 2 rings (SSSR count). The smallest absolute Gasteiger partial charge is 0.338 e. The Kier molecular flexibility index (Phi) is 3.33. The van der Waals surface area contributed by atoms with Crippen LogP contribution in [-0.2, 0) is 17.6 Å². The molecule has 0 saturated heterocycles. The second-order valence-corrected chi connectivity index (χ2v) is 5.76. The lowest BCUT2D eigenvalue weighted by Gasteiger charge is -2.32. The maximum absolute atomic E-state index is 11.7. The fraction of sp³-hybridized carbons (Fsp3) is 0.533. The molecule has 1 aliphatic rings. The van der Waals surface area contributed by atoms with Gasteiger partial charge in [0.25, 0.3) is 0 Å². The zero-order chi connectivity index (χ0) is 13.3. The molecule has 0 aromatic heterocycles. The van der Waals surface area contributed by atoms with Crippen LogP contribution in [0.25, 0.3) is 0 Å². The van der Waals surface area contributed by atoms with E-state index in [0.717, 1.165) is 24.9 Å². The molecule has 1 aromatic carbocycles. The molecule has 0 atom stereocenters. The van der Waals surface area contributed by atoms with E-state index in [1.54, 1.807) is 6.07 Å². The number of hydrogen-bond acceptors (Lipinski definition) is 3. The van der Waals surface area contributed by atoms with Crippen molar-refractivity contribution in [3.8, 4) is 0 Å². The number of rotatable bonds is 2. The summed E-state index contributed by atoms with van der Waals surface area (Å²) in [5, 5.41) is 0. The molecule has 98 valence electrons. The molecule has 0 aliphatic heterocycles. The van der Waals surface area contributed by atoms with Crippen LogP contribution in [0.5, 0.6) is 0 Å². The maximum Gasteiger partial charge on any atom is 0.338 e. The van der Waals surface area contributed by atoms with Gasteiger partial charge in [-0.1, -0.05) is 13.8 Å². The summed E-state index contributed by atoms with van der Waals surface area (Å²) in [6.07, 6.45) is 3.10. The molecular formula is C15H21NO2. The molecule has 2 N–H and O–H groups in total. The Balaban J connectivity index is 2.36. The minimum absolute atomic E-state index is 0.281. The van der Waals surface area contributed by atoms with E-state index in [4.69, 9.17) is 10.5 Å². The monoisotopic (exact) mass is 247 g/mol. The summed E-state index contributed by atoms with van der Waals surface area (Å²) in [7, 11) is 0. The molecule has 0 amide bonds. The average Bonchev–Trinajstić information content (AvgIpc) is 2.29. The molecule has 3 nitrogen and oxygen atoms in total. The van der Waals surface area contributed by atoms with Crippen molar-refractivity contribution in [1.29, 1.82) is 0 Å². The van der Waals surface area contributed by atoms with E-state index in [1.165, 1.54) is 11.1 Å². The Morgan fingerprint density at radius 3 is 2.83 bits per heavy atom. The van der Waals surface area contributed by atoms with Crippen molar-refractivity contribution in [2.45, 2.75) is 40.0 Å². The van der Waals surface area contributed by atoms with Gasteiger partial charge >= 0.3 is 5.97 Å². The van der Waals surface area contributed by atoms with Crippen LogP contribution < -0.4 is 5.73 Å². The van der Waals surface area contributed by atoms with E-state index in [-0.39, 0.29) is 5.97 Å². The number of anilines is 1. The zero-order valence-corrected chi connectivity index (χ0v) is 11.4. The van der Waals surface area contributed by atoms with Gasteiger partial charge in [-0.2, -0.15) is 0 Å². The van der Waals surface area contributed by atoms with Crippen LogP contribution >= 0.6 is 0 Å². The summed E-state index contributed by atoms with van der Waals surface area (Å²) in [4.78, 5) is 11.7. The van der Waals surface area contributed by atoms with E-state index < -0.39 is 0 Å². The number of benzene rings is 1. The largest absolute Gasteiger partial charge is 0.462 e. The van der Waals surface area contributed by atoms with Gasteiger partial charge in [0.2, 0.25) is 0 Å². The number of carbonyl (C=O) groups is 1. The summed E-state index contributed by atoms with van der Waals surface area (Å²) in [6, 6.07) is 3.69. The van der Waals surface area contributed by atoms with Crippen molar-refractivity contribution in [3.63, 3.8) is 0 Å². The molecule has 0 radical (unpaired) electrons. The number of ether oxygens (including phenoxy) is 1. The van der Waals surface area contributed by atoms with Gasteiger partial charge in [0.05, 0.1) is 12.2 Å². The molecule has 0 bridgehead atoms. The fourth-order valence-corrected chi connectivity index (χ4v) is 2.57. The third kappa shape index (κ3) is 2.50. The second-order valence-electron chi connectivity index (χ2n) is 5.76. The van der Waals surface area contributed by atoms with Crippen molar-refractivity contribution in [3.05, 3.63) is 28.8 Å². The van der Waals surface area contributed by atoms with Crippen LogP contribution in [0.3, 0.4) is 0 Å². The second kappa shape index (κ2) is 4.63. The Morgan fingerprint density at radius 2 is 2.17 bits per heavy atom. The van der Waals surface area contributed by atoms with Gasteiger partial charge in [0.1, 0.15) is 0 Å². The highest BCUT2D eigenvalue weighted by Gasteiger charge is 2.27. The topological polar surface area (TPSA) is 52.3 Å². The molecule has 1 aromatic rings. The van der Waals surface area contributed by atoms with Gasteiger partial charge in [-0.05, 0) is 54.9 Å². The Hall–Kier alpha value is -1.51. The number of nitrogen functional groups attached to an aromatic ring is 1. The van der Waals surface area contributed by atoms with E-state index >= 15 is 0 Å². The number of hydrogen-bond donors (Lipinski definition) is 1. The highest BCUT2D eigenvalue weighted by Crippen LogP contribution is 2.37. The summed E-state index contributed by atoms with van der Waals surface area (Å²) in [5.74, 6) is -0.281. The highest BCUT2D eigenvalue weighted by atomic mass is 16.5. The molecule has 0 heterocycles. The number of carbonyl (C=O) groups excluding carboxylic acids is 1. The normalized spacial score (nSPS) is 17.1. The minimum atomic E-state index is -0.281. The van der Waals surface area contributed by atoms with Crippen molar-refractivity contribution >= 4 is 11.7 Å². The molecule has 18 heavy (non-hydrogen) atoms. The maximum atomic E-state index is 11.7. The standard InChI is InChI=1S/C15H21NO2/c1-4-18-14(17)11-7-10-5-6-15(2,3)9-12(10)13(16)8-11/h7-8H,4-6,9,16H2,1-3H3. The van der Waals surface area contributed by atoms with Crippen LogP contribution in [0, 0.1) is 5.41 Å². The molecule has 0 fully saturated rings. The van der Waals surface area contributed by atoms with Crippen molar-refractivity contribution < 1.29 is 9.53 Å². The van der Waals surface area contributed by atoms with Crippen molar-refractivity contribution in [1.82, 2.24) is 0 Å². The first kappa shape index (κ1) is 12.9. The van der Waals surface area contributed by atoms with Gasteiger partial charge in [0, 0.05) is 5.69 Å². The fourth-order valence-electron chi connectivity index (χ4n) is 2.57. The molecule has 1 aliphatic carbocycles. The van der Waals surface area contributed by atoms with E-state index in [1.807, 2.05) is 13.0 Å². The van der Waals surface area contributed by atoms with Crippen LogP contribution in [0.1, 0.15) is 48.7 Å². The van der Waals surface area contributed by atoms with Gasteiger partial charge in [-0.3, -0.25) is 0 Å². The quantitative estimate of drug-likeness (QED) is 0.645. The first-order chi connectivity index (χ1) is 8.43. The van der Waals surface area contributed by atoms with E-state index in [0.29, 0.717) is 17.6 Å². The number of esters is 1. The van der Waals surface area contributed by atoms with Gasteiger partial charge in [-0.15, -0.1) is 0 Å². The van der Waals surface area contributed by atoms with Crippen LogP contribution in [0.2, 0.25) is 0 Å². The summed E-state index contributed by atoms with van der Waals surface area (Å²) in [6.45, 7) is 6.72. The van der Waals surface area contributed by atoms with E-state index in [2.05, 4.69) is 13.8 Å². The highest BCUT2D eigenvalue weighted by molar-refractivity contribution is 5.91. The third-order valence-electron chi connectivity index (χ3n) is 3.61. The van der Waals surface area contributed by atoms with Crippen molar-refractivity contribution in [2.75, 3.05) is 12.3 Å². The van der Waals surface area contributed by atoms with Crippen molar-refractivity contribution in [2.24, 2.45) is 5.41 Å². The average molecular weight is 247 g/mol. The zero-order valence-electron chi connectivity index (χ0n) is 11.4. The number of fused-ring (bicyclic) bond motifs is 1. The Bertz CT molecular complexity index is 478. The van der Waals surface area contributed by atoms with Crippen LogP contribution in [0.15, 0.2) is 12.1 Å². The Morgan fingerprint density at radius 1 is 1.44 bits per heavy atom.